The molecule has 0 radical (unpaired) electrons. The zero-order chi connectivity index (χ0) is 19.3. The molecule has 1 atom stereocenters. The Morgan fingerprint density at radius 3 is 2.04 bits per heavy atom. The lowest BCUT2D eigenvalue weighted by atomic mass is 10.1. The molecule has 1 N–H and O–H groups in total. The number of hydrogen-bond donors (Lipinski definition) is 1. The fourth-order valence-electron chi connectivity index (χ4n) is 2.01. The van der Waals surface area contributed by atoms with Crippen molar-refractivity contribution >= 4 is 23.3 Å². The molecule has 26 heavy (non-hydrogen) atoms. The van der Waals surface area contributed by atoms with Gasteiger partial charge in [-0.1, -0.05) is 30.3 Å². The summed E-state index contributed by atoms with van der Waals surface area (Å²) >= 11 is 0. The fraction of sp³-hybridized carbons (Fsp3) is 0.167. The number of amides is 1. The average molecular weight is 365 g/mol. The van der Waals surface area contributed by atoms with Crippen LogP contribution in [0.5, 0.6) is 0 Å². The minimum absolute atomic E-state index is 0.0303. The second kappa shape index (κ2) is 7.81. The van der Waals surface area contributed by atoms with Gasteiger partial charge in [0.2, 0.25) is 5.78 Å². The highest BCUT2D eigenvalue weighted by atomic mass is 19.4. The Kier molecular flexibility index (Phi) is 5.76. The highest BCUT2D eigenvalue weighted by Crippen LogP contribution is 2.19. The standard InChI is InChI=1S/C18H14F3NO4/c1-11(15(23)12-5-3-2-4-6-12)26-16(24)13-7-9-14(10-8-13)22-17(25)18(19,20)21/h2-11H,1H3,(H,22,25). The van der Waals surface area contributed by atoms with Crippen LogP contribution in [-0.2, 0) is 9.53 Å². The Hall–Kier alpha value is -3.16. The molecule has 0 saturated heterocycles. The molecule has 2 aromatic rings. The number of ether oxygens (including phenoxy) is 1. The van der Waals surface area contributed by atoms with E-state index in [1.54, 1.807) is 35.6 Å². The molecule has 0 aliphatic carbocycles. The maximum Gasteiger partial charge on any atom is 0.471 e. The first-order valence-electron chi connectivity index (χ1n) is 7.47. The van der Waals surface area contributed by atoms with Gasteiger partial charge in [-0.3, -0.25) is 9.59 Å². The van der Waals surface area contributed by atoms with Crippen molar-refractivity contribution in [3.63, 3.8) is 0 Å². The van der Waals surface area contributed by atoms with E-state index in [0.29, 0.717) is 5.56 Å². The van der Waals surface area contributed by atoms with Crippen molar-refractivity contribution in [3.8, 4) is 0 Å². The summed E-state index contributed by atoms with van der Waals surface area (Å²) in [6.07, 6.45) is -6.04. The highest BCUT2D eigenvalue weighted by molar-refractivity contribution is 6.01. The van der Waals surface area contributed by atoms with Crippen molar-refractivity contribution in [2.75, 3.05) is 5.32 Å². The molecule has 0 heterocycles. The molecular weight excluding hydrogens is 351 g/mol. The molecule has 0 bridgehead atoms. The van der Waals surface area contributed by atoms with E-state index < -0.39 is 24.2 Å². The molecule has 1 amide bonds. The molecule has 2 aromatic carbocycles. The van der Waals surface area contributed by atoms with Crippen LogP contribution in [0.15, 0.2) is 54.6 Å². The summed E-state index contributed by atoms with van der Waals surface area (Å²) in [5.74, 6) is -3.31. The third-order valence-electron chi connectivity index (χ3n) is 3.35. The lowest BCUT2D eigenvalue weighted by Gasteiger charge is -2.13. The summed E-state index contributed by atoms with van der Waals surface area (Å²) in [6, 6.07) is 12.9. The van der Waals surface area contributed by atoms with Crippen LogP contribution >= 0.6 is 0 Å². The van der Waals surface area contributed by atoms with Crippen LogP contribution in [0.3, 0.4) is 0 Å². The van der Waals surface area contributed by atoms with Crippen molar-refractivity contribution in [1.82, 2.24) is 0 Å². The summed E-state index contributed by atoms with van der Waals surface area (Å²) < 4.78 is 41.6. The van der Waals surface area contributed by atoms with Gasteiger partial charge in [0.15, 0.2) is 6.10 Å². The predicted molar refractivity (Wildman–Crippen MR) is 86.8 cm³/mol. The van der Waals surface area contributed by atoms with Crippen molar-refractivity contribution in [1.29, 1.82) is 0 Å². The molecule has 0 aliphatic heterocycles. The van der Waals surface area contributed by atoms with Gasteiger partial charge in [-0.25, -0.2) is 4.79 Å². The van der Waals surface area contributed by atoms with Crippen LogP contribution in [0.25, 0.3) is 0 Å². The first-order chi connectivity index (χ1) is 12.2. The van der Waals surface area contributed by atoms with Crippen LogP contribution in [0.4, 0.5) is 18.9 Å². The molecule has 0 spiro atoms. The van der Waals surface area contributed by atoms with E-state index in [1.165, 1.54) is 19.1 Å². The molecular formula is C18H14F3NO4. The van der Waals surface area contributed by atoms with Crippen molar-refractivity contribution in [2.45, 2.75) is 19.2 Å². The number of alkyl halides is 3. The number of hydrogen-bond acceptors (Lipinski definition) is 4. The SMILES string of the molecule is CC(OC(=O)c1ccc(NC(=O)C(F)(F)F)cc1)C(=O)c1ccccc1. The predicted octanol–water partition coefficient (Wildman–Crippen LogP) is 3.62. The van der Waals surface area contributed by atoms with Gasteiger partial charge in [0, 0.05) is 11.3 Å². The van der Waals surface area contributed by atoms with E-state index in [4.69, 9.17) is 4.74 Å². The Labute approximate surface area is 146 Å². The fourth-order valence-corrected chi connectivity index (χ4v) is 2.01. The summed E-state index contributed by atoms with van der Waals surface area (Å²) in [4.78, 5) is 35.0. The number of carbonyl (C=O) groups is 3. The number of esters is 1. The van der Waals surface area contributed by atoms with Crippen LogP contribution in [-0.4, -0.2) is 29.9 Å². The lowest BCUT2D eigenvalue weighted by molar-refractivity contribution is -0.167. The Balaban J connectivity index is 1.99. The quantitative estimate of drug-likeness (QED) is 0.649. The molecule has 0 saturated carbocycles. The lowest BCUT2D eigenvalue weighted by Crippen LogP contribution is -2.29. The van der Waals surface area contributed by atoms with E-state index in [-0.39, 0.29) is 17.0 Å². The molecule has 0 fully saturated rings. The third-order valence-corrected chi connectivity index (χ3v) is 3.35. The summed E-state index contributed by atoms with van der Waals surface area (Å²) in [5, 5.41) is 1.66. The first-order valence-corrected chi connectivity index (χ1v) is 7.47. The van der Waals surface area contributed by atoms with Crippen molar-refractivity contribution < 1.29 is 32.3 Å². The first kappa shape index (κ1) is 19.2. The maximum atomic E-state index is 12.2. The highest BCUT2D eigenvalue weighted by Gasteiger charge is 2.38. The van der Waals surface area contributed by atoms with Gasteiger partial charge in [-0.2, -0.15) is 13.2 Å². The van der Waals surface area contributed by atoms with E-state index in [0.717, 1.165) is 12.1 Å². The Morgan fingerprint density at radius 1 is 0.923 bits per heavy atom. The monoisotopic (exact) mass is 365 g/mol. The normalized spacial score (nSPS) is 12.2. The van der Waals surface area contributed by atoms with Gasteiger partial charge in [0.25, 0.3) is 0 Å². The molecule has 136 valence electrons. The second-order valence-corrected chi connectivity index (χ2v) is 5.31. The minimum Gasteiger partial charge on any atom is -0.451 e. The number of anilines is 1. The van der Waals surface area contributed by atoms with Gasteiger partial charge in [0.1, 0.15) is 0 Å². The molecule has 1 unspecified atom stereocenters. The number of carbonyl (C=O) groups excluding carboxylic acids is 3. The molecule has 0 aromatic heterocycles. The Bertz CT molecular complexity index is 801. The number of nitrogens with one attached hydrogen (secondary N) is 1. The summed E-state index contributed by atoms with van der Waals surface area (Å²) in [7, 11) is 0. The third kappa shape index (κ3) is 4.92. The smallest absolute Gasteiger partial charge is 0.451 e. The molecule has 0 aliphatic rings. The molecule has 5 nitrogen and oxygen atoms in total. The maximum absolute atomic E-state index is 12.2. The zero-order valence-electron chi connectivity index (χ0n) is 13.5. The number of ketones is 1. The number of benzene rings is 2. The number of rotatable bonds is 5. The largest absolute Gasteiger partial charge is 0.471 e. The summed E-state index contributed by atoms with van der Waals surface area (Å²) in [6.45, 7) is 1.42. The topological polar surface area (TPSA) is 72.5 Å². The van der Waals surface area contributed by atoms with Gasteiger partial charge in [-0.15, -0.1) is 0 Å². The van der Waals surface area contributed by atoms with Crippen LogP contribution in [0.1, 0.15) is 27.6 Å². The average Bonchev–Trinajstić information content (AvgIpc) is 2.61. The van der Waals surface area contributed by atoms with E-state index in [1.807, 2.05) is 0 Å². The Morgan fingerprint density at radius 2 is 1.50 bits per heavy atom. The summed E-state index contributed by atoms with van der Waals surface area (Å²) in [5.41, 5.74) is 0.290. The van der Waals surface area contributed by atoms with Gasteiger partial charge >= 0.3 is 18.1 Å². The van der Waals surface area contributed by atoms with Crippen molar-refractivity contribution in [2.24, 2.45) is 0 Å². The van der Waals surface area contributed by atoms with E-state index in [9.17, 15) is 27.6 Å². The zero-order valence-corrected chi connectivity index (χ0v) is 13.5. The number of halogens is 3. The molecule has 2 rings (SSSR count). The van der Waals surface area contributed by atoms with Crippen LogP contribution in [0.2, 0.25) is 0 Å². The number of Topliss-reactive ketones (excluding diaryl/α,β-unsaturated/α-hetero) is 1. The molecule has 8 heteroatoms. The van der Waals surface area contributed by atoms with Gasteiger partial charge in [0.05, 0.1) is 5.56 Å². The van der Waals surface area contributed by atoms with Gasteiger partial charge < -0.3 is 10.1 Å². The van der Waals surface area contributed by atoms with E-state index in [2.05, 4.69) is 0 Å². The van der Waals surface area contributed by atoms with Gasteiger partial charge in [-0.05, 0) is 31.2 Å². The van der Waals surface area contributed by atoms with Crippen molar-refractivity contribution in [3.05, 3.63) is 65.7 Å². The van der Waals surface area contributed by atoms with Crippen LogP contribution < -0.4 is 5.32 Å². The van der Waals surface area contributed by atoms with E-state index >= 15 is 0 Å². The minimum atomic E-state index is -5.01. The van der Waals surface area contributed by atoms with Crippen LogP contribution in [0, 0.1) is 0 Å². The second-order valence-electron chi connectivity index (χ2n) is 5.31.